The second-order valence-corrected chi connectivity index (χ2v) is 5.66. The first-order valence-corrected chi connectivity index (χ1v) is 6.59. The van der Waals surface area contributed by atoms with Gasteiger partial charge in [0.25, 0.3) is 0 Å². The Morgan fingerprint density at radius 3 is 2.50 bits per heavy atom. The molecule has 0 atom stereocenters. The van der Waals surface area contributed by atoms with Gasteiger partial charge in [-0.25, -0.2) is 18.2 Å². The molecule has 2 rings (SSSR count). The first-order valence-electron chi connectivity index (χ1n) is 5.15. The highest BCUT2D eigenvalue weighted by Gasteiger charge is 2.26. The minimum atomic E-state index is -3.48. The van der Waals surface area contributed by atoms with Crippen molar-refractivity contribution in [1.29, 1.82) is 0 Å². The average Bonchev–Trinajstić information content (AvgIpc) is 2.31. The minimum absolute atomic E-state index is 0.0500. The number of sulfonamides is 1. The fourth-order valence-corrected chi connectivity index (χ4v) is 3.16. The van der Waals surface area contributed by atoms with E-state index in [4.69, 9.17) is 0 Å². The van der Waals surface area contributed by atoms with Crippen LogP contribution in [0.1, 0.15) is 19.3 Å². The van der Waals surface area contributed by atoms with Crippen molar-refractivity contribution in [2.45, 2.75) is 24.2 Å². The molecule has 1 aliphatic heterocycles. The lowest BCUT2D eigenvalue weighted by molar-refractivity contribution is 0.346. The van der Waals surface area contributed by atoms with Crippen molar-refractivity contribution >= 4 is 10.0 Å². The zero-order valence-electron chi connectivity index (χ0n) is 8.72. The summed E-state index contributed by atoms with van der Waals surface area (Å²) in [7, 11) is -3.48. The molecule has 0 saturated carbocycles. The molecule has 88 valence electrons. The van der Waals surface area contributed by atoms with Gasteiger partial charge in [0.2, 0.25) is 10.0 Å². The third-order valence-electron chi connectivity index (χ3n) is 2.60. The lowest BCUT2D eigenvalue weighted by atomic mass is 10.2. The van der Waals surface area contributed by atoms with Gasteiger partial charge in [0.1, 0.15) is 4.90 Å². The summed E-state index contributed by atoms with van der Waals surface area (Å²) in [5.74, 6) is 0. The molecule has 0 radical (unpaired) electrons. The monoisotopic (exact) mass is 243 g/mol. The molecule has 16 heavy (non-hydrogen) atoms. The van der Waals surface area contributed by atoms with Crippen LogP contribution in [0, 0.1) is 0 Å². The Balaban J connectivity index is 2.30. The highest BCUT2D eigenvalue weighted by molar-refractivity contribution is 7.89. The second kappa shape index (κ2) is 4.34. The summed E-state index contributed by atoms with van der Waals surface area (Å²) in [6.45, 7) is 1.09. The van der Waals surface area contributed by atoms with Crippen LogP contribution in [0.15, 0.2) is 22.1 Å². The van der Waals surface area contributed by atoms with Gasteiger partial charge in [-0.2, -0.15) is 4.31 Å². The Hall–Kier alpha value is -1.21. The van der Waals surface area contributed by atoms with Crippen molar-refractivity contribution in [1.82, 2.24) is 14.3 Å². The molecule has 1 aromatic rings. The number of rotatable bonds is 2. The maximum absolute atomic E-state index is 12.1. The first kappa shape index (κ1) is 11.3. The lowest BCUT2D eigenvalue weighted by Gasteiger charge is -2.25. The summed E-state index contributed by atoms with van der Waals surface area (Å²) >= 11 is 0. The van der Waals surface area contributed by atoms with Crippen LogP contribution in [0.3, 0.4) is 0 Å². The van der Waals surface area contributed by atoms with E-state index in [1.165, 1.54) is 10.5 Å². The number of aromatic nitrogens is 2. The molecule has 1 N–H and O–H groups in total. The molecular weight excluding hydrogens is 230 g/mol. The van der Waals surface area contributed by atoms with E-state index in [2.05, 4.69) is 9.97 Å². The molecule has 1 fully saturated rings. The van der Waals surface area contributed by atoms with E-state index < -0.39 is 15.7 Å². The predicted octanol–water partition coefficient (Wildman–Crippen LogP) is -0.0555. The molecule has 2 heterocycles. The molecule has 0 unspecified atom stereocenters. The van der Waals surface area contributed by atoms with E-state index in [1.807, 2.05) is 0 Å². The molecule has 0 bridgehead atoms. The van der Waals surface area contributed by atoms with Crippen LogP contribution in [0.25, 0.3) is 0 Å². The van der Waals surface area contributed by atoms with Crippen LogP contribution in [0.4, 0.5) is 0 Å². The Bertz CT molecular complexity index is 497. The lowest BCUT2D eigenvalue weighted by Crippen LogP contribution is -2.36. The molecular formula is C9H13N3O3S. The predicted molar refractivity (Wildman–Crippen MR) is 57.5 cm³/mol. The van der Waals surface area contributed by atoms with Crippen LogP contribution in [-0.2, 0) is 10.0 Å². The van der Waals surface area contributed by atoms with E-state index in [9.17, 15) is 13.2 Å². The maximum Gasteiger partial charge on any atom is 0.344 e. The van der Waals surface area contributed by atoms with Gasteiger partial charge >= 0.3 is 5.69 Å². The van der Waals surface area contributed by atoms with Crippen molar-refractivity contribution < 1.29 is 8.42 Å². The van der Waals surface area contributed by atoms with E-state index in [0.717, 1.165) is 25.5 Å². The van der Waals surface area contributed by atoms with Gasteiger partial charge in [0.05, 0.1) is 6.20 Å². The summed E-state index contributed by atoms with van der Waals surface area (Å²) in [4.78, 5) is 16.5. The quantitative estimate of drug-likeness (QED) is 0.789. The van der Waals surface area contributed by atoms with E-state index in [0.29, 0.717) is 13.1 Å². The molecule has 7 heteroatoms. The number of H-pyrrole nitrogens is 1. The highest BCUT2D eigenvalue weighted by atomic mass is 32.2. The van der Waals surface area contributed by atoms with E-state index >= 15 is 0 Å². The Morgan fingerprint density at radius 1 is 1.25 bits per heavy atom. The summed E-state index contributed by atoms with van der Waals surface area (Å²) in [5.41, 5.74) is -0.544. The minimum Gasteiger partial charge on any atom is -0.311 e. The van der Waals surface area contributed by atoms with Gasteiger partial charge in [-0.3, -0.25) is 0 Å². The topological polar surface area (TPSA) is 83.1 Å². The van der Waals surface area contributed by atoms with Crippen molar-refractivity contribution in [2.24, 2.45) is 0 Å². The summed E-state index contributed by atoms with van der Waals surface area (Å²) in [5, 5.41) is 0. The van der Waals surface area contributed by atoms with Gasteiger partial charge in [-0.15, -0.1) is 0 Å². The first-order chi connectivity index (χ1) is 7.60. The molecule has 1 aromatic heterocycles. The average molecular weight is 243 g/mol. The van der Waals surface area contributed by atoms with Gasteiger partial charge in [-0.05, 0) is 12.8 Å². The largest absolute Gasteiger partial charge is 0.344 e. The third-order valence-corrected chi connectivity index (χ3v) is 4.46. The molecule has 1 aliphatic rings. The van der Waals surface area contributed by atoms with Crippen molar-refractivity contribution in [3.05, 3.63) is 22.9 Å². The SMILES string of the molecule is O=c1ncc(S(=O)(=O)N2CCCCC2)c[nH]1. The van der Waals surface area contributed by atoms with Gasteiger partial charge in [-0.1, -0.05) is 6.42 Å². The van der Waals surface area contributed by atoms with Crippen LogP contribution in [0.2, 0.25) is 0 Å². The smallest absolute Gasteiger partial charge is 0.311 e. The van der Waals surface area contributed by atoms with Gasteiger partial charge in [0.15, 0.2) is 0 Å². The van der Waals surface area contributed by atoms with Crippen LogP contribution >= 0.6 is 0 Å². The van der Waals surface area contributed by atoms with Crippen molar-refractivity contribution in [3.63, 3.8) is 0 Å². The van der Waals surface area contributed by atoms with Gasteiger partial charge < -0.3 is 4.98 Å². The molecule has 0 amide bonds. The van der Waals surface area contributed by atoms with E-state index in [-0.39, 0.29) is 4.90 Å². The maximum atomic E-state index is 12.1. The number of nitrogens with one attached hydrogen (secondary N) is 1. The number of aromatic amines is 1. The number of hydrogen-bond donors (Lipinski definition) is 1. The highest BCUT2D eigenvalue weighted by Crippen LogP contribution is 2.18. The number of piperidine rings is 1. The van der Waals surface area contributed by atoms with Gasteiger partial charge in [0, 0.05) is 19.3 Å². The molecule has 0 aromatic carbocycles. The fourth-order valence-electron chi connectivity index (χ4n) is 1.73. The molecule has 0 aliphatic carbocycles. The molecule has 1 saturated heterocycles. The zero-order chi connectivity index (χ0) is 11.6. The fraction of sp³-hybridized carbons (Fsp3) is 0.556. The Kier molecular flexibility index (Phi) is 3.06. The standard InChI is InChI=1S/C9H13N3O3S/c13-9-10-6-8(7-11-9)16(14,15)12-4-2-1-3-5-12/h6-7H,1-5H2,(H,10,11,13). The Labute approximate surface area is 93.4 Å². The number of hydrogen-bond acceptors (Lipinski definition) is 4. The second-order valence-electron chi connectivity index (χ2n) is 3.72. The van der Waals surface area contributed by atoms with Crippen LogP contribution in [-0.4, -0.2) is 35.8 Å². The molecule has 0 spiro atoms. The normalized spacial score (nSPS) is 18.5. The van der Waals surface area contributed by atoms with Crippen LogP contribution in [0.5, 0.6) is 0 Å². The van der Waals surface area contributed by atoms with Crippen LogP contribution < -0.4 is 5.69 Å². The summed E-state index contributed by atoms with van der Waals surface area (Å²) < 4.78 is 25.6. The number of nitrogens with zero attached hydrogens (tertiary/aromatic N) is 2. The summed E-state index contributed by atoms with van der Waals surface area (Å²) in [6.07, 6.45) is 5.13. The van der Waals surface area contributed by atoms with Crippen molar-refractivity contribution in [2.75, 3.05) is 13.1 Å². The summed E-state index contributed by atoms with van der Waals surface area (Å²) in [6, 6.07) is 0. The molecule has 6 nitrogen and oxygen atoms in total. The Morgan fingerprint density at radius 2 is 1.94 bits per heavy atom. The van der Waals surface area contributed by atoms with E-state index in [1.54, 1.807) is 0 Å². The zero-order valence-corrected chi connectivity index (χ0v) is 9.53. The van der Waals surface area contributed by atoms with Crippen molar-refractivity contribution in [3.8, 4) is 0 Å². The third kappa shape index (κ3) is 2.14.